The summed E-state index contributed by atoms with van der Waals surface area (Å²) in [7, 11) is 1.65. The van der Waals surface area contributed by atoms with Crippen molar-refractivity contribution in [1.29, 1.82) is 0 Å². The van der Waals surface area contributed by atoms with Gasteiger partial charge in [0.05, 0.1) is 7.11 Å². The molecule has 2 saturated carbocycles. The number of fused-ring (bicyclic) bond motifs is 1. The monoisotopic (exact) mass is 394 g/mol. The Kier molecular flexibility index (Phi) is 6.57. The van der Waals surface area contributed by atoms with Crippen LogP contribution in [0.1, 0.15) is 63.4 Å². The van der Waals surface area contributed by atoms with E-state index in [1.165, 1.54) is 51.4 Å². The van der Waals surface area contributed by atoms with E-state index in [1.807, 2.05) is 30.3 Å². The molecule has 0 aromatic heterocycles. The number of methoxy groups -OCH3 is 1. The molecule has 0 heterocycles. The average molecular weight is 395 g/mol. The third kappa shape index (κ3) is 4.68. The number of benzene rings is 2. The molecule has 1 nitrogen and oxygen atoms in total. The second kappa shape index (κ2) is 9.32. The molecule has 2 aliphatic carbocycles. The van der Waals surface area contributed by atoms with E-state index in [-0.39, 0.29) is 5.82 Å². The number of allylic oxidation sites excluding steroid dienone is 1. The molecule has 0 N–H and O–H groups in total. The van der Waals surface area contributed by atoms with Gasteiger partial charge in [0.2, 0.25) is 0 Å². The van der Waals surface area contributed by atoms with Crippen molar-refractivity contribution in [1.82, 2.24) is 0 Å². The van der Waals surface area contributed by atoms with Crippen LogP contribution < -0.4 is 4.74 Å². The van der Waals surface area contributed by atoms with Crippen molar-refractivity contribution in [3.63, 3.8) is 0 Å². The third-order valence-electron chi connectivity index (χ3n) is 7.77. The van der Waals surface area contributed by atoms with Crippen molar-refractivity contribution in [3.05, 3.63) is 54.4 Å². The van der Waals surface area contributed by atoms with Crippen LogP contribution >= 0.6 is 0 Å². The molecular weight excluding hydrogens is 359 g/mol. The lowest BCUT2D eigenvalue weighted by atomic mass is 9.68. The second-order valence-corrected chi connectivity index (χ2v) is 9.36. The van der Waals surface area contributed by atoms with Crippen LogP contribution in [0.25, 0.3) is 10.8 Å². The summed E-state index contributed by atoms with van der Waals surface area (Å²) < 4.78 is 20.2. The molecule has 0 aliphatic heterocycles. The van der Waals surface area contributed by atoms with Gasteiger partial charge in [0.25, 0.3) is 0 Å². The van der Waals surface area contributed by atoms with Gasteiger partial charge < -0.3 is 4.74 Å². The fourth-order valence-corrected chi connectivity index (χ4v) is 5.80. The van der Waals surface area contributed by atoms with E-state index in [0.29, 0.717) is 5.39 Å². The van der Waals surface area contributed by atoms with Crippen molar-refractivity contribution < 1.29 is 9.13 Å². The largest absolute Gasteiger partial charge is 0.497 e. The summed E-state index contributed by atoms with van der Waals surface area (Å²) in [6.45, 7) is 3.98. The first-order valence-corrected chi connectivity index (χ1v) is 11.6. The smallest absolute Gasteiger partial charge is 0.134 e. The molecule has 0 saturated heterocycles. The standard InChI is InChI=1S/C27H35FO/c1-3-19-4-9-21(10-5-19)22-11-6-20(7-12-22)8-13-23-14-15-24-18-25(29-2)16-17-26(24)27(23)28/h3,14-22H,1,4-13H2,2H3. The lowest BCUT2D eigenvalue weighted by Crippen LogP contribution is -2.25. The summed E-state index contributed by atoms with van der Waals surface area (Å²) in [6.07, 6.45) is 15.1. The number of hydrogen-bond donors (Lipinski definition) is 0. The predicted molar refractivity (Wildman–Crippen MR) is 120 cm³/mol. The van der Waals surface area contributed by atoms with Crippen molar-refractivity contribution in [2.45, 2.75) is 64.2 Å². The number of halogens is 1. The molecule has 2 heteroatoms. The average Bonchev–Trinajstić information content (AvgIpc) is 2.79. The highest BCUT2D eigenvalue weighted by molar-refractivity contribution is 5.85. The van der Waals surface area contributed by atoms with Gasteiger partial charge in [-0.15, -0.1) is 6.58 Å². The van der Waals surface area contributed by atoms with Gasteiger partial charge in [-0.1, -0.05) is 31.1 Å². The third-order valence-corrected chi connectivity index (χ3v) is 7.77. The van der Waals surface area contributed by atoms with Crippen LogP contribution in [0.2, 0.25) is 0 Å². The zero-order chi connectivity index (χ0) is 20.2. The molecular formula is C27H35FO. The summed E-state index contributed by atoms with van der Waals surface area (Å²) in [4.78, 5) is 0. The van der Waals surface area contributed by atoms with E-state index in [9.17, 15) is 4.39 Å². The Morgan fingerprint density at radius 1 is 0.966 bits per heavy atom. The Balaban J connectivity index is 1.29. The summed E-state index contributed by atoms with van der Waals surface area (Å²) >= 11 is 0. The molecule has 156 valence electrons. The van der Waals surface area contributed by atoms with E-state index in [2.05, 4.69) is 12.7 Å². The topological polar surface area (TPSA) is 9.23 Å². The first-order chi connectivity index (χ1) is 14.2. The molecule has 0 radical (unpaired) electrons. The first kappa shape index (κ1) is 20.4. The molecule has 0 spiro atoms. The van der Waals surface area contributed by atoms with Gasteiger partial charge in [0.1, 0.15) is 11.6 Å². The normalized spacial score (nSPS) is 27.7. The van der Waals surface area contributed by atoms with Crippen molar-refractivity contribution in [2.24, 2.45) is 23.7 Å². The SMILES string of the molecule is C=CC1CCC(C2CCC(CCc3ccc4cc(OC)ccc4c3F)CC2)CC1. The zero-order valence-electron chi connectivity index (χ0n) is 17.8. The van der Waals surface area contributed by atoms with E-state index < -0.39 is 0 Å². The lowest BCUT2D eigenvalue weighted by molar-refractivity contribution is 0.152. The van der Waals surface area contributed by atoms with Gasteiger partial charge in [-0.2, -0.15) is 0 Å². The number of hydrogen-bond acceptors (Lipinski definition) is 1. The van der Waals surface area contributed by atoms with Gasteiger partial charge in [0.15, 0.2) is 0 Å². The van der Waals surface area contributed by atoms with Crippen LogP contribution in [0.15, 0.2) is 43.0 Å². The Hall–Kier alpha value is -1.83. The lowest BCUT2D eigenvalue weighted by Gasteiger charge is -2.37. The van der Waals surface area contributed by atoms with Crippen molar-refractivity contribution >= 4 is 10.8 Å². The Morgan fingerprint density at radius 3 is 2.31 bits per heavy atom. The van der Waals surface area contributed by atoms with Gasteiger partial charge in [-0.05, 0) is 104 Å². The number of ether oxygens (including phenoxy) is 1. The summed E-state index contributed by atoms with van der Waals surface area (Å²) in [6, 6.07) is 9.61. The summed E-state index contributed by atoms with van der Waals surface area (Å²) in [5.41, 5.74) is 0.868. The van der Waals surface area contributed by atoms with Crippen molar-refractivity contribution in [2.75, 3.05) is 7.11 Å². The van der Waals surface area contributed by atoms with Gasteiger partial charge >= 0.3 is 0 Å². The zero-order valence-corrected chi connectivity index (χ0v) is 17.8. The molecule has 0 bridgehead atoms. The fourth-order valence-electron chi connectivity index (χ4n) is 5.80. The molecule has 0 amide bonds. The molecule has 2 aromatic carbocycles. The predicted octanol–water partition coefficient (Wildman–Crippen LogP) is 7.72. The maximum atomic E-state index is 15.0. The van der Waals surface area contributed by atoms with Crippen LogP contribution in [0.5, 0.6) is 5.75 Å². The van der Waals surface area contributed by atoms with E-state index in [0.717, 1.165) is 53.2 Å². The minimum Gasteiger partial charge on any atom is -0.497 e. The van der Waals surface area contributed by atoms with Crippen LogP contribution in [0.4, 0.5) is 4.39 Å². The van der Waals surface area contributed by atoms with E-state index >= 15 is 0 Å². The fraction of sp³-hybridized carbons (Fsp3) is 0.556. The maximum Gasteiger partial charge on any atom is 0.134 e. The Bertz CT molecular complexity index is 826. The Morgan fingerprint density at radius 2 is 1.66 bits per heavy atom. The molecule has 2 fully saturated rings. The molecule has 2 aliphatic rings. The van der Waals surface area contributed by atoms with Gasteiger partial charge in [-0.3, -0.25) is 0 Å². The highest BCUT2D eigenvalue weighted by atomic mass is 19.1. The van der Waals surface area contributed by atoms with Crippen LogP contribution in [-0.4, -0.2) is 7.11 Å². The molecule has 4 rings (SSSR count). The molecule has 0 atom stereocenters. The van der Waals surface area contributed by atoms with E-state index in [1.54, 1.807) is 7.11 Å². The van der Waals surface area contributed by atoms with Crippen LogP contribution in [0.3, 0.4) is 0 Å². The summed E-state index contributed by atoms with van der Waals surface area (Å²) in [5.74, 6) is 4.14. The quantitative estimate of drug-likeness (QED) is 0.456. The van der Waals surface area contributed by atoms with Gasteiger partial charge in [0, 0.05) is 5.39 Å². The minimum atomic E-state index is -0.0437. The minimum absolute atomic E-state index is 0.0437. The van der Waals surface area contributed by atoms with Crippen LogP contribution in [-0.2, 0) is 6.42 Å². The highest BCUT2D eigenvalue weighted by Crippen LogP contribution is 2.42. The van der Waals surface area contributed by atoms with Crippen LogP contribution in [0, 0.1) is 29.5 Å². The molecule has 29 heavy (non-hydrogen) atoms. The maximum absolute atomic E-state index is 15.0. The van der Waals surface area contributed by atoms with E-state index in [4.69, 9.17) is 4.74 Å². The first-order valence-electron chi connectivity index (χ1n) is 11.6. The number of rotatable bonds is 6. The highest BCUT2D eigenvalue weighted by Gasteiger charge is 2.30. The van der Waals surface area contributed by atoms with Gasteiger partial charge in [-0.25, -0.2) is 4.39 Å². The second-order valence-electron chi connectivity index (χ2n) is 9.36. The number of aryl methyl sites for hydroxylation is 1. The molecule has 0 unspecified atom stereocenters. The molecule has 2 aromatic rings. The van der Waals surface area contributed by atoms with Crippen molar-refractivity contribution in [3.8, 4) is 5.75 Å². The Labute approximate surface area is 175 Å². The summed E-state index contributed by atoms with van der Waals surface area (Å²) in [5, 5.41) is 1.62.